The third-order valence-corrected chi connectivity index (χ3v) is 10.1. The van der Waals surface area contributed by atoms with E-state index < -0.39 is 12.2 Å². The van der Waals surface area contributed by atoms with Crippen molar-refractivity contribution < 1.29 is 19.7 Å². The summed E-state index contributed by atoms with van der Waals surface area (Å²) >= 11 is 0. The number of rotatable bonds is 5. The number of fused-ring (bicyclic) bond motifs is 5. The minimum atomic E-state index is -0.414. The van der Waals surface area contributed by atoms with Gasteiger partial charge in [0.1, 0.15) is 6.54 Å². The first-order valence-corrected chi connectivity index (χ1v) is 12.6. The summed E-state index contributed by atoms with van der Waals surface area (Å²) in [4.78, 5) is 14.7. The van der Waals surface area contributed by atoms with Gasteiger partial charge in [0.2, 0.25) is 0 Å². The Morgan fingerprint density at radius 3 is 2.53 bits per heavy atom. The molecule has 7 nitrogen and oxygen atoms in total. The maximum Gasteiger partial charge on any atom is 0.159 e. The molecular formula is C25H39N3O4. The quantitative estimate of drug-likeness (QED) is 0.723. The van der Waals surface area contributed by atoms with Gasteiger partial charge in [-0.05, 0) is 86.4 Å². The number of ketones is 1. The number of nitrogens with zero attached hydrogens (tertiary/aromatic N) is 3. The number of hydrogen-bond acceptors (Lipinski definition) is 6. The maximum absolute atomic E-state index is 13.3. The SMILES string of the molecule is CCO[C@H]1C[C@@]2(C)[C@@H](CC[C@H]3[C@@H]4CC[C@H](C(=O)Cn5nccn5)[C@@]4(C)CC(O)[C@@H]32)C[C@@H]1O. The van der Waals surface area contributed by atoms with Gasteiger partial charge < -0.3 is 14.9 Å². The van der Waals surface area contributed by atoms with E-state index in [0.717, 1.165) is 38.5 Å². The van der Waals surface area contributed by atoms with Crippen molar-refractivity contribution in [2.75, 3.05) is 6.61 Å². The van der Waals surface area contributed by atoms with E-state index in [1.807, 2.05) is 6.92 Å². The number of Topliss-reactive ketones (excluding diaryl/α,β-unsaturated/α-hetero) is 1. The summed E-state index contributed by atoms with van der Waals surface area (Å²) in [5.74, 6) is 1.71. The second-order valence-corrected chi connectivity index (χ2v) is 11.5. The zero-order chi connectivity index (χ0) is 22.7. The van der Waals surface area contributed by atoms with Crippen molar-refractivity contribution in [2.45, 2.75) is 90.6 Å². The molecule has 4 aliphatic rings. The van der Waals surface area contributed by atoms with Crippen LogP contribution in [0.1, 0.15) is 65.7 Å². The molecule has 0 spiro atoms. The van der Waals surface area contributed by atoms with E-state index in [1.54, 1.807) is 12.4 Å². The average molecular weight is 446 g/mol. The van der Waals surface area contributed by atoms with Crippen LogP contribution in [-0.4, -0.2) is 55.9 Å². The molecule has 4 fully saturated rings. The third-order valence-electron chi connectivity index (χ3n) is 10.1. The minimum absolute atomic E-state index is 0.0240. The summed E-state index contributed by atoms with van der Waals surface area (Å²) < 4.78 is 5.94. The predicted octanol–water partition coefficient (Wildman–Crippen LogP) is 2.85. The smallest absolute Gasteiger partial charge is 0.159 e. The summed E-state index contributed by atoms with van der Waals surface area (Å²) in [5.41, 5.74) is -0.189. The number of ether oxygens (including phenoxy) is 1. The van der Waals surface area contributed by atoms with Crippen LogP contribution < -0.4 is 0 Å². The van der Waals surface area contributed by atoms with Crippen molar-refractivity contribution >= 4 is 5.78 Å². The predicted molar refractivity (Wildman–Crippen MR) is 118 cm³/mol. The summed E-state index contributed by atoms with van der Waals surface area (Å²) in [6, 6.07) is 0. The Kier molecular flexibility index (Phi) is 5.74. The Morgan fingerprint density at radius 1 is 1.06 bits per heavy atom. The third kappa shape index (κ3) is 3.38. The lowest BCUT2D eigenvalue weighted by molar-refractivity contribution is -0.202. The largest absolute Gasteiger partial charge is 0.393 e. The first-order chi connectivity index (χ1) is 15.3. The molecule has 0 amide bonds. The van der Waals surface area contributed by atoms with Gasteiger partial charge in [0.15, 0.2) is 5.78 Å². The van der Waals surface area contributed by atoms with Crippen LogP contribution in [0.2, 0.25) is 0 Å². The Labute approximate surface area is 190 Å². The Morgan fingerprint density at radius 2 is 1.81 bits per heavy atom. The molecule has 32 heavy (non-hydrogen) atoms. The molecule has 0 aromatic carbocycles. The standard InChI is InChI=1S/C25H39N3O4/c1-4-32-22-13-24(2)15(11-19(22)29)5-6-16-17-7-8-18(21(31)14-28-26-9-10-27-28)25(17,3)12-20(30)23(16)24/h9-10,15-20,22-23,29-30H,4-8,11-14H2,1-3H3/t15-,16-,17-,18+,19-,20?,22-,23+,24-,25-/m0/s1. The van der Waals surface area contributed by atoms with E-state index in [1.165, 1.54) is 4.80 Å². The van der Waals surface area contributed by atoms with Gasteiger partial charge >= 0.3 is 0 Å². The normalized spacial score (nSPS) is 48.0. The number of aromatic nitrogens is 3. The maximum atomic E-state index is 13.3. The van der Waals surface area contributed by atoms with Crippen molar-refractivity contribution in [3.63, 3.8) is 0 Å². The molecule has 10 atom stereocenters. The van der Waals surface area contributed by atoms with Gasteiger partial charge in [-0.15, -0.1) is 0 Å². The lowest BCUT2D eigenvalue weighted by Crippen LogP contribution is -2.61. The van der Waals surface area contributed by atoms with Crippen molar-refractivity contribution in [3.05, 3.63) is 12.4 Å². The first-order valence-electron chi connectivity index (χ1n) is 12.6. The monoisotopic (exact) mass is 445 g/mol. The molecule has 4 saturated carbocycles. The molecule has 2 N–H and O–H groups in total. The fourth-order valence-electron chi connectivity index (χ4n) is 8.87. The van der Waals surface area contributed by atoms with Crippen molar-refractivity contribution in [3.8, 4) is 0 Å². The van der Waals surface area contributed by atoms with Crippen LogP contribution in [0.5, 0.6) is 0 Å². The number of hydrogen-bond donors (Lipinski definition) is 2. The first kappa shape index (κ1) is 22.5. The highest BCUT2D eigenvalue weighted by Crippen LogP contribution is 2.67. The molecule has 1 heterocycles. The molecular weight excluding hydrogens is 406 g/mol. The lowest BCUT2D eigenvalue weighted by atomic mass is 9.43. The fourth-order valence-corrected chi connectivity index (χ4v) is 8.87. The van der Waals surface area contributed by atoms with Gasteiger partial charge in [-0.2, -0.15) is 15.0 Å². The number of carbonyl (C=O) groups is 1. The van der Waals surface area contributed by atoms with Crippen LogP contribution in [-0.2, 0) is 16.1 Å². The van der Waals surface area contributed by atoms with Crippen LogP contribution in [0.4, 0.5) is 0 Å². The molecule has 1 aromatic heterocycles. The molecule has 1 aromatic rings. The molecule has 1 unspecified atom stereocenters. The second kappa shape index (κ2) is 8.17. The molecule has 0 aliphatic heterocycles. The molecule has 4 aliphatic carbocycles. The highest BCUT2D eigenvalue weighted by molar-refractivity contribution is 5.82. The zero-order valence-corrected chi connectivity index (χ0v) is 19.7. The molecule has 0 bridgehead atoms. The van der Waals surface area contributed by atoms with Crippen LogP contribution >= 0.6 is 0 Å². The molecule has 5 rings (SSSR count). The van der Waals surface area contributed by atoms with Gasteiger partial charge in [-0.25, -0.2) is 0 Å². The summed E-state index contributed by atoms with van der Waals surface area (Å²) in [6.07, 6.45) is 8.70. The van der Waals surface area contributed by atoms with E-state index in [4.69, 9.17) is 4.74 Å². The van der Waals surface area contributed by atoms with Crippen LogP contribution in [0.3, 0.4) is 0 Å². The number of aliphatic hydroxyl groups excluding tert-OH is 2. The fraction of sp³-hybridized carbons (Fsp3) is 0.880. The Bertz CT molecular complexity index is 831. The van der Waals surface area contributed by atoms with Crippen LogP contribution in [0, 0.1) is 40.4 Å². The van der Waals surface area contributed by atoms with Gasteiger partial charge in [0.05, 0.1) is 30.7 Å². The van der Waals surface area contributed by atoms with E-state index in [-0.39, 0.29) is 41.1 Å². The average Bonchev–Trinajstić information content (AvgIpc) is 3.35. The molecule has 7 heteroatoms. The van der Waals surface area contributed by atoms with E-state index in [9.17, 15) is 15.0 Å². The molecule has 0 radical (unpaired) electrons. The van der Waals surface area contributed by atoms with Crippen LogP contribution in [0.25, 0.3) is 0 Å². The minimum Gasteiger partial charge on any atom is -0.393 e. The van der Waals surface area contributed by atoms with Gasteiger partial charge in [-0.1, -0.05) is 13.8 Å². The van der Waals surface area contributed by atoms with Crippen molar-refractivity contribution in [2.24, 2.45) is 40.4 Å². The topological polar surface area (TPSA) is 97.5 Å². The molecule has 178 valence electrons. The van der Waals surface area contributed by atoms with Gasteiger partial charge in [0.25, 0.3) is 0 Å². The van der Waals surface area contributed by atoms with E-state index in [0.29, 0.717) is 30.8 Å². The van der Waals surface area contributed by atoms with Gasteiger partial charge in [0, 0.05) is 12.5 Å². The second-order valence-electron chi connectivity index (χ2n) is 11.5. The Hall–Kier alpha value is -1.31. The van der Waals surface area contributed by atoms with Crippen molar-refractivity contribution in [1.82, 2.24) is 15.0 Å². The highest BCUT2D eigenvalue weighted by Gasteiger charge is 2.64. The lowest BCUT2D eigenvalue weighted by Gasteiger charge is -2.63. The van der Waals surface area contributed by atoms with E-state index >= 15 is 0 Å². The summed E-state index contributed by atoms with van der Waals surface area (Å²) in [5, 5.41) is 30.5. The summed E-state index contributed by atoms with van der Waals surface area (Å²) in [6.45, 7) is 7.41. The van der Waals surface area contributed by atoms with E-state index in [2.05, 4.69) is 24.0 Å². The van der Waals surface area contributed by atoms with Crippen LogP contribution in [0.15, 0.2) is 12.4 Å². The Balaban J connectivity index is 1.39. The van der Waals surface area contributed by atoms with Crippen molar-refractivity contribution in [1.29, 1.82) is 0 Å². The zero-order valence-electron chi connectivity index (χ0n) is 19.7. The molecule has 0 saturated heterocycles. The number of carbonyl (C=O) groups excluding carboxylic acids is 1. The highest BCUT2D eigenvalue weighted by atomic mass is 16.5. The van der Waals surface area contributed by atoms with Gasteiger partial charge in [-0.3, -0.25) is 4.79 Å². The number of aliphatic hydroxyl groups is 2. The summed E-state index contributed by atoms with van der Waals surface area (Å²) in [7, 11) is 0.